The third-order valence-electron chi connectivity index (χ3n) is 3.63. The molecule has 0 radical (unpaired) electrons. The highest BCUT2D eigenvalue weighted by molar-refractivity contribution is 6.21. The Balaban J connectivity index is 1.92. The second-order valence-corrected chi connectivity index (χ2v) is 6.14. The predicted octanol–water partition coefficient (Wildman–Crippen LogP) is 3.78. The second-order valence-electron chi connectivity index (χ2n) is 5.67. The van der Waals surface area contributed by atoms with Crippen LogP contribution in [0.2, 0.25) is 0 Å². The Morgan fingerprint density at radius 2 is 1.85 bits per heavy atom. The quantitative estimate of drug-likeness (QED) is 0.553. The van der Waals surface area contributed by atoms with E-state index in [2.05, 4.69) is 15.4 Å². The van der Waals surface area contributed by atoms with E-state index in [1.54, 1.807) is 24.3 Å². The first-order chi connectivity index (χ1) is 12.1. The molecule has 9 heteroatoms. The molecule has 2 heterocycles. The molecule has 1 N–H and O–H groups in total. The number of rotatable bonds is 4. The molecule has 0 spiro atoms. The van der Waals surface area contributed by atoms with E-state index in [9.17, 15) is 18.4 Å². The molecule has 3 aromatic rings. The third-order valence-corrected chi connectivity index (χ3v) is 3.82. The van der Waals surface area contributed by atoms with Crippen LogP contribution in [0.3, 0.4) is 0 Å². The molecule has 1 amide bonds. The number of nitrogens with one attached hydrogen (secondary N) is 1. The first-order valence-electron chi connectivity index (χ1n) is 7.52. The molecule has 0 saturated heterocycles. The summed E-state index contributed by atoms with van der Waals surface area (Å²) in [6.07, 6.45) is 0. The van der Waals surface area contributed by atoms with Crippen molar-refractivity contribution in [3.8, 4) is 0 Å². The van der Waals surface area contributed by atoms with Crippen molar-refractivity contribution in [3.05, 3.63) is 59.0 Å². The lowest BCUT2D eigenvalue weighted by molar-refractivity contribution is 0.0867. The SMILES string of the molecule is CC(=O)c1ccc(NC(=O)c2cc3nc(C)cc(C(F)(F)Cl)n3n2)cc1. The zero-order chi connectivity index (χ0) is 19.1. The molecule has 134 valence electrons. The maximum absolute atomic E-state index is 13.6. The minimum atomic E-state index is -3.66. The molecule has 26 heavy (non-hydrogen) atoms. The topological polar surface area (TPSA) is 76.4 Å². The average Bonchev–Trinajstić information content (AvgIpc) is 2.97. The van der Waals surface area contributed by atoms with Gasteiger partial charge in [-0.15, -0.1) is 0 Å². The number of aromatic nitrogens is 3. The fourth-order valence-corrected chi connectivity index (χ4v) is 2.53. The molecular formula is C17H13ClF2N4O2. The Hall–Kier alpha value is -2.87. The van der Waals surface area contributed by atoms with Crippen LogP contribution in [0.15, 0.2) is 36.4 Å². The van der Waals surface area contributed by atoms with E-state index in [-0.39, 0.29) is 17.1 Å². The number of anilines is 1. The fourth-order valence-electron chi connectivity index (χ4n) is 2.40. The number of carbonyl (C=O) groups excluding carboxylic acids is 2. The molecule has 0 atom stereocenters. The Bertz CT molecular complexity index is 1010. The van der Waals surface area contributed by atoms with Gasteiger partial charge in [-0.2, -0.15) is 13.9 Å². The van der Waals surface area contributed by atoms with Gasteiger partial charge in [-0.25, -0.2) is 9.50 Å². The Labute approximate surface area is 151 Å². The van der Waals surface area contributed by atoms with Gasteiger partial charge in [0.15, 0.2) is 17.1 Å². The number of hydrogen-bond acceptors (Lipinski definition) is 4. The van der Waals surface area contributed by atoms with Gasteiger partial charge in [0.05, 0.1) is 0 Å². The number of amides is 1. The van der Waals surface area contributed by atoms with Crippen LogP contribution in [0, 0.1) is 6.92 Å². The summed E-state index contributed by atoms with van der Waals surface area (Å²) in [6, 6.07) is 8.65. The van der Waals surface area contributed by atoms with Gasteiger partial charge >= 0.3 is 5.38 Å². The Morgan fingerprint density at radius 1 is 1.19 bits per heavy atom. The maximum atomic E-state index is 13.6. The van der Waals surface area contributed by atoms with E-state index >= 15 is 0 Å². The Kier molecular flexibility index (Phi) is 4.45. The van der Waals surface area contributed by atoms with Crippen LogP contribution in [-0.2, 0) is 5.38 Å². The molecule has 2 aromatic heterocycles. The maximum Gasteiger partial charge on any atom is 0.364 e. The van der Waals surface area contributed by atoms with Gasteiger partial charge in [-0.3, -0.25) is 9.59 Å². The van der Waals surface area contributed by atoms with Crippen LogP contribution in [0.5, 0.6) is 0 Å². The number of carbonyl (C=O) groups is 2. The first-order valence-corrected chi connectivity index (χ1v) is 7.90. The number of nitrogens with zero attached hydrogens (tertiary/aromatic N) is 3. The highest BCUT2D eigenvalue weighted by Crippen LogP contribution is 2.32. The van der Waals surface area contributed by atoms with Crippen molar-refractivity contribution in [2.45, 2.75) is 19.2 Å². The van der Waals surface area contributed by atoms with Gasteiger partial charge in [-0.05, 0) is 55.8 Å². The third kappa shape index (κ3) is 3.55. The predicted molar refractivity (Wildman–Crippen MR) is 91.9 cm³/mol. The summed E-state index contributed by atoms with van der Waals surface area (Å²) in [4.78, 5) is 27.7. The number of benzene rings is 1. The molecule has 6 nitrogen and oxygen atoms in total. The molecule has 0 aliphatic rings. The largest absolute Gasteiger partial charge is 0.364 e. The summed E-state index contributed by atoms with van der Waals surface area (Å²) >= 11 is 5.12. The number of halogens is 3. The van der Waals surface area contributed by atoms with E-state index in [0.717, 1.165) is 10.6 Å². The zero-order valence-corrected chi connectivity index (χ0v) is 14.5. The lowest BCUT2D eigenvalue weighted by Crippen LogP contribution is -2.15. The van der Waals surface area contributed by atoms with Crippen molar-refractivity contribution >= 4 is 34.6 Å². The first kappa shape index (κ1) is 17.9. The molecule has 0 aliphatic carbocycles. The van der Waals surface area contributed by atoms with Crippen LogP contribution in [0.25, 0.3) is 5.65 Å². The highest BCUT2D eigenvalue weighted by Gasteiger charge is 2.32. The molecule has 0 saturated carbocycles. The van der Waals surface area contributed by atoms with Gasteiger partial charge in [0.25, 0.3) is 5.91 Å². The van der Waals surface area contributed by atoms with E-state index in [4.69, 9.17) is 11.6 Å². The van der Waals surface area contributed by atoms with Crippen molar-refractivity contribution in [1.29, 1.82) is 0 Å². The molecule has 0 bridgehead atoms. The zero-order valence-electron chi connectivity index (χ0n) is 13.8. The molecule has 3 rings (SSSR count). The number of fused-ring (bicyclic) bond motifs is 1. The monoisotopic (exact) mass is 378 g/mol. The number of Topliss-reactive ketones (excluding diaryl/α,β-unsaturated/α-hetero) is 1. The summed E-state index contributed by atoms with van der Waals surface area (Å²) in [7, 11) is 0. The summed E-state index contributed by atoms with van der Waals surface area (Å²) in [5, 5.41) is 2.81. The minimum Gasteiger partial charge on any atom is -0.321 e. The standard InChI is InChI=1S/C17H13ClF2N4O2/c1-9-7-14(17(18,19)20)24-15(21-9)8-13(23-24)16(26)22-12-5-3-11(4-6-12)10(2)25/h3-8H,1-2H3,(H,22,26). The van der Waals surface area contributed by atoms with Gasteiger partial charge in [-0.1, -0.05) is 0 Å². The van der Waals surface area contributed by atoms with Crippen LogP contribution in [0.4, 0.5) is 14.5 Å². The smallest absolute Gasteiger partial charge is 0.321 e. The number of aryl methyl sites for hydroxylation is 1. The normalized spacial score (nSPS) is 11.6. The lowest BCUT2D eigenvalue weighted by atomic mass is 10.1. The summed E-state index contributed by atoms with van der Waals surface area (Å²) in [5.74, 6) is -0.702. The van der Waals surface area contributed by atoms with Crippen LogP contribution in [-0.4, -0.2) is 26.3 Å². The van der Waals surface area contributed by atoms with Crippen molar-refractivity contribution < 1.29 is 18.4 Å². The van der Waals surface area contributed by atoms with Crippen molar-refractivity contribution in [1.82, 2.24) is 14.6 Å². The van der Waals surface area contributed by atoms with Gasteiger partial charge in [0, 0.05) is 23.0 Å². The van der Waals surface area contributed by atoms with Crippen LogP contribution in [0.1, 0.15) is 39.2 Å². The molecule has 0 aliphatic heterocycles. The summed E-state index contributed by atoms with van der Waals surface area (Å²) in [5.41, 5.74) is 0.665. The van der Waals surface area contributed by atoms with Gasteiger partial charge in [0.1, 0.15) is 5.69 Å². The molecule has 1 aromatic carbocycles. The molecule has 0 fully saturated rings. The lowest BCUT2D eigenvalue weighted by Gasteiger charge is -2.10. The second kappa shape index (κ2) is 6.45. The van der Waals surface area contributed by atoms with E-state index in [0.29, 0.717) is 16.9 Å². The summed E-state index contributed by atoms with van der Waals surface area (Å²) < 4.78 is 28.0. The van der Waals surface area contributed by atoms with Gasteiger partial charge in [0.2, 0.25) is 0 Å². The molecule has 0 unspecified atom stereocenters. The number of ketones is 1. The summed E-state index contributed by atoms with van der Waals surface area (Å²) in [6.45, 7) is 2.97. The Morgan fingerprint density at radius 3 is 2.42 bits per heavy atom. The van der Waals surface area contributed by atoms with Crippen LogP contribution >= 0.6 is 11.6 Å². The van der Waals surface area contributed by atoms with Crippen molar-refractivity contribution in [2.24, 2.45) is 0 Å². The molecular weight excluding hydrogens is 366 g/mol. The van der Waals surface area contributed by atoms with E-state index in [1.165, 1.54) is 19.9 Å². The number of hydrogen-bond donors (Lipinski definition) is 1. The van der Waals surface area contributed by atoms with E-state index in [1.807, 2.05) is 0 Å². The minimum absolute atomic E-state index is 0.0809. The fraction of sp³-hybridized carbons (Fsp3) is 0.176. The average molecular weight is 379 g/mol. The van der Waals surface area contributed by atoms with Gasteiger partial charge < -0.3 is 5.32 Å². The van der Waals surface area contributed by atoms with Crippen molar-refractivity contribution in [2.75, 3.05) is 5.32 Å². The van der Waals surface area contributed by atoms with Crippen molar-refractivity contribution in [3.63, 3.8) is 0 Å². The van der Waals surface area contributed by atoms with E-state index < -0.39 is 17.0 Å². The van der Waals surface area contributed by atoms with Crippen LogP contribution < -0.4 is 5.32 Å². The number of alkyl halides is 3. The highest BCUT2D eigenvalue weighted by atomic mass is 35.5.